The third-order valence-electron chi connectivity index (χ3n) is 3.96. The molecule has 0 aliphatic carbocycles. The van der Waals surface area contributed by atoms with Gasteiger partial charge in [0.25, 0.3) is 0 Å². The first-order valence-corrected chi connectivity index (χ1v) is 10.4. The highest BCUT2D eigenvalue weighted by Gasteiger charge is 2.16. The number of aromatic nitrogens is 3. The summed E-state index contributed by atoms with van der Waals surface area (Å²) < 4.78 is 2.05. The number of nitrogens with one attached hydrogen (secondary N) is 1. The van der Waals surface area contributed by atoms with Crippen LogP contribution in [0, 0.1) is 0 Å². The number of hydrogen-bond donors (Lipinski definition) is 1. The van der Waals surface area contributed by atoms with Crippen LogP contribution >= 0.6 is 23.1 Å². The van der Waals surface area contributed by atoms with Gasteiger partial charge in [-0.2, -0.15) is 0 Å². The van der Waals surface area contributed by atoms with Crippen molar-refractivity contribution in [2.45, 2.75) is 38.4 Å². The lowest BCUT2D eigenvalue weighted by molar-refractivity contribution is -0.113. The molecule has 0 aliphatic heterocycles. The van der Waals surface area contributed by atoms with E-state index in [4.69, 9.17) is 0 Å². The van der Waals surface area contributed by atoms with E-state index < -0.39 is 0 Å². The Bertz CT molecular complexity index is 872. The first kappa shape index (κ1) is 18.7. The average Bonchev–Trinajstić information content (AvgIpc) is 3.29. The Kier molecular flexibility index (Phi) is 6.11. The number of carbonyl (C=O) groups excluding carboxylic acids is 1. The van der Waals surface area contributed by atoms with E-state index in [0.29, 0.717) is 11.7 Å². The van der Waals surface area contributed by atoms with Gasteiger partial charge in [-0.3, -0.25) is 4.79 Å². The number of nitrogens with zero attached hydrogens (tertiary/aromatic N) is 3. The van der Waals surface area contributed by atoms with Gasteiger partial charge in [0.15, 0.2) is 11.0 Å². The first-order chi connectivity index (χ1) is 12.6. The highest BCUT2D eigenvalue weighted by Crippen LogP contribution is 2.28. The summed E-state index contributed by atoms with van der Waals surface area (Å²) in [7, 11) is 0. The van der Waals surface area contributed by atoms with Crippen LogP contribution in [0.3, 0.4) is 0 Å². The molecule has 0 fully saturated rings. The molecule has 7 heteroatoms. The van der Waals surface area contributed by atoms with E-state index in [9.17, 15) is 4.79 Å². The van der Waals surface area contributed by atoms with Crippen molar-refractivity contribution < 1.29 is 4.79 Å². The van der Waals surface area contributed by atoms with E-state index in [-0.39, 0.29) is 5.91 Å². The van der Waals surface area contributed by atoms with E-state index >= 15 is 0 Å². The van der Waals surface area contributed by atoms with Gasteiger partial charge in [-0.1, -0.05) is 49.9 Å². The molecule has 0 saturated heterocycles. The number of rotatable bonds is 7. The molecule has 2 heterocycles. The smallest absolute Gasteiger partial charge is 0.234 e. The number of carbonyl (C=O) groups is 1. The van der Waals surface area contributed by atoms with Crippen molar-refractivity contribution >= 4 is 34.7 Å². The maximum absolute atomic E-state index is 12.4. The number of benzene rings is 1. The van der Waals surface area contributed by atoms with Crippen molar-refractivity contribution in [3.05, 3.63) is 47.3 Å². The highest BCUT2D eigenvalue weighted by molar-refractivity contribution is 7.99. The first-order valence-electron chi connectivity index (χ1n) is 8.58. The zero-order valence-electron chi connectivity index (χ0n) is 15.1. The molecule has 0 unspecified atom stereocenters. The van der Waals surface area contributed by atoms with E-state index in [1.165, 1.54) is 11.8 Å². The Morgan fingerprint density at radius 2 is 2.04 bits per heavy atom. The number of para-hydroxylation sites is 1. The van der Waals surface area contributed by atoms with Crippen LogP contribution in [0.1, 0.15) is 32.3 Å². The van der Waals surface area contributed by atoms with E-state index in [1.807, 2.05) is 40.3 Å². The summed E-state index contributed by atoms with van der Waals surface area (Å²) in [6, 6.07) is 12.0. The fraction of sp³-hybridized carbons (Fsp3) is 0.316. The molecule has 0 spiro atoms. The average molecular weight is 387 g/mol. The molecule has 0 aliphatic rings. The zero-order chi connectivity index (χ0) is 18.5. The lowest BCUT2D eigenvalue weighted by Gasteiger charge is -2.13. The lowest BCUT2D eigenvalue weighted by atomic mass is 10.0. The molecule has 5 nitrogen and oxygen atoms in total. The standard InChI is InChI=1S/C19H22N4OS2/c1-4-23-18(16-10-7-11-25-16)21-22-19(23)26-12-17(24)20-15-9-6-5-8-14(15)13(2)3/h5-11,13H,4,12H2,1-3H3,(H,20,24). The van der Waals surface area contributed by atoms with Crippen LogP contribution < -0.4 is 5.32 Å². The molecular weight excluding hydrogens is 364 g/mol. The van der Waals surface area contributed by atoms with Crippen LogP contribution in [0.4, 0.5) is 5.69 Å². The van der Waals surface area contributed by atoms with Gasteiger partial charge in [0.1, 0.15) is 0 Å². The molecule has 1 N–H and O–H groups in total. The van der Waals surface area contributed by atoms with Crippen LogP contribution in [-0.4, -0.2) is 26.4 Å². The quantitative estimate of drug-likeness (QED) is 0.588. The summed E-state index contributed by atoms with van der Waals surface area (Å²) in [5.74, 6) is 1.48. The Morgan fingerprint density at radius 1 is 1.23 bits per heavy atom. The number of anilines is 1. The predicted octanol–water partition coefficient (Wildman–Crippen LogP) is 4.88. The van der Waals surface area contributed by atoms with Crippen molar-refractivity contribution in [2.75, 3.05) is 11.1 Å². The van der Waals surface area contributed by atoms with Crippen LogP contribution in [0.5, 0.6) is 0 Å². The third-order valence-corrected chi connectivity index (χ3v) is 5.80. The molecule has 1 amide bonds. The molecule has 2 aromatic heterocycles. The van der Waals surface area contributed by atoms with Crippen molar-refractivity contribution in [3.8, 4) is 10.7 Å². The Hall–Kier alpha value is -2.12. The molecule has 136 valence electrons. The van der Waals surface area contributed by atoms with Crippen LogP contribution in [0.25, 0.3) is 10.7 Å². The normalized spacial score (nSPS) is 11.1. The SMILES string of the molecule is CCn1c(SCC(=O)Nc2ccccc2C(C)C)nnc1-c1cccs1. The second kappa shape index (κ2) is 8.51. The van der Waals surface area contributed by atoms with Gasteiger partial charge in [-0.05, 0) is 35.9 Å². The molecule has 0 bridgehead atoms. The van der Waals surface area contributed by atoms with Gasteiger partial charge in [0, 0.05) is 12.2 Å². The summed E-state index contributed by atoms with van der Waals surface area (Å²) >= 11 is 3.05. The molecule has 0 saturated carbocycles. The van der Waals surface area contributed by atoms with Crippen molar-refractivity contribution in [3.63, 3.8) is 0 Å². The second-order valence-corrected chi connectivity index (χ2v) is 8.00. The summed E-state index contributed by atoms with van der Waals surface area (Å²) in [5, 5.41) is 14.4. The minimum Gasteiger partial charge on any atom is -0.325 e. The second-order valence-electron chi connectivity index (χ2n) is 6.11. The predicted molar refractivity (Wildman–Crippen MR) is 109 cm³/mol. The largest absolute Gasteiger partial charge is 0.325 e. The van der Waals surface area contributed by atoms with Crippen LogP contribution in [0.15, 0.2) is 46.9 Å². The zero-order valence-corrected chi connectivity index (χ0v) is 16.7. The van der Waals surface area contributed by atoms with Crippen LogP contribution in [0.2, 0.25) is 0 Å². The van der Waals surface area contributed by atoms with Crippen LogP contribution in [-0.2, 0) is 11.3 Å². The van der Waals surface area contributed by atoms with E-state index in [0.717, 1.165) is 33.7 Å². The molecule has 1 aromatic carbocycles. The number of amides is 1. The third kappa shape index (κ3) is 4.16. The highest BCUT2D eigenvalue weighted by atomic mass is 32.2. The summed E-state index contributed by atoms with van der Waals surface area (Å²) in [4.78, 5) is 13.5. The maximum Gasteiger partial charge on any atom is 0.234 e. The Balaban J connectivity index is 1.67. The fourth-order valence-corrected chi connectivity index (χ4v) is 4.22. The van der Waals surface area contributed by atoms with Crippen molar-refractivity contribution in [2.24, 2.45) is 0 Å². The Morgan fingerprint density at radius 3 is 2.73 bits per heavy atom. The van der Waals surface area contributed by atoms with Gasteiger partial charge < -0.3 is 9.88 Å². The number of hydrogen-bond acceptors (Lipinski definition) is 5. The van der Waals surface area contributed by atoms with Gasteiger partial charge in [0.2, 0.25) is 5.91 Å². The lowest BCUT2D eigenvalue weighted by Crippen LogP contribution is -2.16. The molecule has 3 aromatic rings. The molecular formula is C19H22N4OS2. The van der Waals surface area contributed by atoms with Gasteiger partial charge in [0.05, 0.1) is 10.6 Å². The van der Waals surface area contributed by atoms with Gasteiger partial charge >= 0.3 is 0 Å². The van der Waals surface area contributed by atoms with Gasteiger partial charge in [-0.15, -0.1) is 21.5 Å². The maximum atomic E-state index is 12.4. The van der Waals surface area contributed by atoms with Crippen molar-refractivity contribution in [1.82, 2.24) is 14.8 Å². The number of thioether (sulfide) groups is 1. The topological polar surface area (TPSA) is 59.8 Å². The minimum absolute atomic E-state index is 0.0357. The summed E-state index contributed by atoms with van der Waals surface area (Å²) in [6.07, 6.45) is 0. The summed E-state index contributed by atoms with van der Waals surface area (Å²) in [5.41, 5.74) is 2.02. The van der Waals surface area contributed by atoms with E-state index in [2.05, 4.69) is 42.4 Å². The molecule has 0 atom stereocenters. The molecule has 3 rings (SSSR count). The monoisotopic (exact) mass is 386 g/mol. The van der Waals surface area contributed by atoms with Crippen molar-refractivity contribution in [1.29, 1.82) is 0 Å². The van der Waals surface area contributed by atoms with Gasteiger partial charge in [-0.25, -0.2) is 0 Å². The summed E-state index contributed by atoms with van der Waals surface area (Å²) in [6.45, 7) is 7.06. The molecule has 26 heavy (non-hydrogen) atoms. The van der Waals surface area contributed by atoms with E-state index in [1.54, 1.807) is 11.3 Å². The molecule has 0 radical (unpaired) electrons. The number of thiophene rings is 1. The minimum atomic E-state index is -0.0357. The Labute approximate surface area is 161 Å². The fourth-order valence-electron chi connectivity index (χ4n) is 2.70.